The van der Waals surface area contributed by atoms with Crippen molar-refractivity contribution in [3.05, 3.63) is 29.8 Å². The first-order valence-electron chi connectivity index (χ1n) is 6.24. The van der Waals surface area contributed by atoms with E-state index in [9.17, 15) is 4.79 Å². The summed E-state index contributed by atoms with van der Waals surface area (Å²) in [5, 5.41) is 2.82. The second-order valence-electron chi connectivity index (χ2n) is 4.59. The first-order valence-corrected chi connectivity index (χ1v) is 6.24. The summed E-state index contributed by atoms with van der Waals surface area (Å²) in [6, 6.07) is 5.50. The highest BCUT2D eigenvalue weighted by atomic mass is 16.5. The molecule has 4 heteroatoms. The van der Waals surface area contributed by atoms with E-state index in [4.69, 9.17) is 9.47 Å². The Kier molecular flexibility index (Phi) is 5.93. The van der Waals surface area contributed by atoms with E-state index in [1.165, 1.54) is 6.08 Å². The standard InChI is InChI=1S/C15H21NO3/c1-11(2)10-16-15(17)8-6-12-5-7-13(18-3)14(9-12)19-4/h5-9,11H,10H2,1-4H3,(H,16,17). The Labute approximate surface area is 114 Å². The van der Waals surface area contributed by atoms with Crippen LogP contribution in [0.2, 0.25) is 0 Å². The molecule has 0 radical (unpaired) electrons. The van der Waals surface area contributed by atoms with Gasteiger partial charge in [0.05, 0.1) is 14.2 Å². The molecule has 0 bridgehead atoms. The SMILES string of the molecule is COc1ccc(C=CC(=O)NCC(C)C)cc1OC. The van der Waals surface area contributed by atoms with Gasteiger partial charge in [0, 0.05) is 12.6 Å². The Hall–Kier alpha value is -1.97. The summed E-state index contributed by atoms with van der Waals surface area (Å²) < 4.78 is 10.4. The maximum absolute atomic E-state index is 11.5. The van der Waals surface area contributed by atoms with Gasteiger partial charge in [0.15, 0.2) is 11.5 Å². The third-order valence-corrected chi connectivity index (χ3v) is 2.52. The van der Waals surface area contributed by atoms with Gasteiger partial charge in [-0.15, -0.1) is 0 Å². The first kappa shape index (κ1) is 15.1. The van der Waals surface area contributed by atoms with Gasteiger partial charge in [0.2, 0.25) is 5.91 Å². The van der Waals surface area contributed by atoms with E-state index in [0.717, 1.165) is 5.56 Å². The summed E-state index contributed by atoms with van der Waals surface area (Å²) in [7, 11) is 3.17. The molecule has 19 heavy (non-hydrogen) atoms. The Morgan fingerprint density at radius 1 is 1.26 bits per heavy atom. The fourth-order valence-electron chi connectivity index (χ4n) is 1.49. The Balaban J connectivity index is 2.68. The Morgan fingerprint density at radius 3 is 2.53 bits per heavy atom. The molecule has 1 aromatic carbocycles. The number of carbonyl (C=O) groups excluding carboxylic acids is 1. The van der Waals surface area contributed by atoms with Gasteiger partial charge in [-0.1, -0.05) is 19.9 Å². The quantitative estimate of drug-likeness (QED) is 0.802. The minimum atomic E-state index is -0.0940. The van der Waals surface area contributed by atoms with Crippen molar-refractivity contribution in [3.63, 3.8) is 0 Å². The van der Waals surface area contributed by atoms with E-state index >= 15 is 0 Å². The van der Waals surface area contributed by atoms with Crippen LogP contribution in [0.15, 0.2) is 24.3 Å². The van der Waals surface area contributed by atoms with E-state index in [1.807, 2.05) is 18.2 Å². The van der Waals surface area contributed by atoms with Crippen molar-refractivity contribution in [1.29, 1.82) is 0 Å². The van der Waals surface area contributed by atoms with Crippen LogP contribution >= 0.6 is 0 Å². The van der Waals surface area contributed by atoms with Crippen LogP contribution in [-0.4, -0.2) is 26.7 Å². The van der Waals surface area contributed by atoms with Gasteiger partial charge in [-0.2, -0.15) is 0 Å². The molecule has 0 saturated heterocycles. The lowest BCUT2D eigenvalue weighted by atomic mass is 10.2. The van der Waals surface area contributed by atoms with Crippen LogP contribution in [0.1, 0.15) is 19.4 Å². The number of methoxy groups -OCH3 is 2. The molecule has 0 aliphatic heterocycles. The van der Waals surface area contributed by atoms with Crippen molar-refractivity contribution in [2.45, 2.75) is 13.8 Å². The zero-order valence-electron chi connectivity index (χ0n) is 11.9. The number of carbonyl (C=O) groups is 1. The van der Waals surface area contributed by atoms with Crippen molar-refractivity contribution < 1.29 is 14.3 Å². The van der Waals surface area contributed by atoms with Crippen molar-refractivity contribution in [2.75, 3.05) is 20.8 Å². The number of hydrogen-bond acceptors (Lipinski definition) is 3. The van der Waals surface area contributed by atoms with Crippen LogP contribution in [0.3, 0.4) is 0 Å². The minimum absolute atomic E-state index is 0.0940. The highest BCUT2D eigenvalue weighted by molar-refractivity contribution is 5.91. The number of amides is 1. The van der Waals surface area contributed by atoms with Crippen LogP contribution in [0.4, 0.5) is 0 Å². The molecule has 104 valence electrons. The molecular weight excluding hydrogens is 242 g/mol. The van der Waals surface area contributed by atoms with E-state index in [2.05, 4.69) is 19.2 Å². The summed E-state index contributed by atoms with van der Waals surface area (Å²) in [4.78, 5) is 11.5. The lowest BCUT2D eigenvalue weighted by molar-refractivity contribution is -0.116. The van der Waals surface area contributed by atoms with Gasteiger partial charge in [0.1, 0.15) is 0 Å². The van der Waals surface area contributed by atoms with Crippen molar-refractivity contribution >= 4 is 12.0 Å². The Bertz CT molecular complexity index is 453. The lowest BCUT2D eigenvalue weighted by Gasteiger charge is -2.07. The Morgan fingerprint density at radius 2 is 1.95 bits per heavy atom. The van der Waals surface area contributed by atoms with Gasteiger partial charge in [-0.05, 0) is 29.7 Å². The van der Waals surface area contributed by atoms with Crippen LogP contribution in [0, 0.1) is 5.92 Å². The maximum Gasteiger partial charge on any atom is 0.244 e. The number of hydrogen-bond donors (Lipinski definition) is 1. The second-order valence-corrected chi connectivity index (χ2v) is 4.59. The summed E-state index contributed by atoms with van der Waals surface area (Å²) in [6.45, 7) is 4.78. The molecule has 1 amide bonds. The summed E-state index contributed by atoms with van der Waals surface area (Å²) >= 11 is 0. The highest BCUT2D eigenvalue weighted by Crippen LogP contribution is 2.27. The van der Waals surface area contributed by atoms with Gasteiger partial charge in [0.25, 0.3) is 0 Å². The number of nitrogens with one attached hydrogen (secondary N) is 1. The molecule has 1 aromatic rings. The lowest BCUT2D eigenvalue weighted by Crippen LogP contribution is -2.25. The zero-order chi connectivity index (χ0) is 14.3. The van der Waals surface area contributed by atoms with Crippen molar-refractivity contribution in [3.8, 4) is 11.5 Å². The third kappa shape index (κ3) is 5.04. The molecule has 0 aliphatic carbocycles. The van der Waals surface area contributed by atoms with Crippen LogP contribution in [0.25, 0.3) is 6.08 Å². The van der Waals surface area contributed by atoms with Crippen LogP contribution in [0.5, 0.6) is 11.5 Å². The average Bonchev–Trinajstić information content (AvgIpc) is 2.42. The molecule has 0 heterocycles. The van der Waals surface area contributed by atoms with Crippen molar-refractivity contribution in [1.82, 2.24) is 5.32 Å². The molecule has 4 nitrogen and oxygen atoms in total. The molecule has 0 unspecified atom stereocenters. The van der Waals surface area contributed by atoms with Crippen molar-refractivity contribution in [2.24, 2.45) is 5.92 Å². The monoisotopic (exact) mass is 263 g/mol. The predicted molar refractivity (Wildman–Crippen MR) is 76.4 cm³/mol. The van der Waals surface area contributed by atoms with E-state index in [-0.39, 0.29) is 5.91 Å². The van der Waals surface area contributed by atoms with Crippen LogP contribution < -0.4 is 14.8 Å². The molecular formula is C15H21NO3. The van der Waals surface area contributed by atoms with Gasteiger partial charge in [-0.25, -0.2) is 0 Å². The largest absolute Gasteiger partial charge is 0.493 e. The molecule has 0 saturated carbocycles. The fraction of sp³-hybridized carbons (Fsp3) is 0.400. The topological polar surface area (TPSA) is 47.6 Å². The molecule has 0 atom stereocenters. The molecule has 0 aliphatic rings. The van der Waals surface area contributed by atoms with E-state index in [0.29, 0.717) is 24.0 Å². The molecule has 0 aromatic heterocycles. The summed E-state index contributed by atoms with van der Waals surface area (Å²) in [6.07, 6.45) is 3.27. The first-order chi connectivity index (χ1) is 9.06. The van der Waals surface area contributed by atoms with Gasteiger partial charge >= 0.3 is 0 Å². The number of ether oxygens (including phenoxy) is 2. The predicted octanol–water partition coefficient (Wildman–Crippen LogP) is 2.49. The minimum Gasteiger partial charge on any atom is -0.493 e. The maximum atomic E-state index is 11.5. The molecule has 0 fully saturated rings. The van der Waals surface area contributed by atoms with Gasteiger partial charge in [-0.3, -0.25) is 4.79 Å². The van der Waals surface area contributed by atoms with Crippen LogP contribution in [-0.2, 0) is 4.79 Å². The molecule has 1 rings (SSSR count). The zero-order valence-corrected chi connectivity index (χ0v) is 11.9. The summed E-state index contributed by atoms with van der Waals surface area (Å²) in [5.74, 6) is 1.66. The second kappa shape index (κ2) is 7.46. The fourth-order valence-corrected chi connectivity index (χ4v) is 1.49. The third-order valence-electron chi connectivity index (χ3n) is 2.52. The molecule has 0 spiro atoms. The van der Waals surface area contributed by atoms with E-state index < -0.39 is 0 Å². The van der Waals surface area contributed by atoms with Gasteiger partial charge < -0.3 is 14.8 Å². The smallest absolute Gasteiger partial charge is 0.244 e. The normalized spacial score (nSPS) is 10.8. The molecule has 1 N–H and O–H groups in total. The number of rotatable bonds is 6. The number of benzene rings is 1. The average molecular weight is 263 g/mol. The summed E-state index contributed by atoms with van der Waals surface area (Å²) in [5.41, 5.74) is 0.886. The highest BCUT2D eigenvalue weighted by Gasteiger charge is 2.03. The van der Waals surface area contributed by atoms with E-state index in [1.54, 1.807) is 20.3 Å².